The van der Waals surface area contributed by atoms with Crippen molar-refractivity contribution in [1.82, 2.24) is 15.1 Å². The fourth-order valence-corrected chi connectivity index (χ4v) is 1.88. The van der Waals surface area contributed by atoms with E-state index in [-0.39, 0.29) is 23.0 Å². The molecule has 0 saturated heterocycles. The fraction of sp³-hybridized carbons (Fsp3) is 0.231. The van der Waals surface area contributed by atoms with Crippen LogP contribution in [-0.4, -0.2) is 20.6 Å². The van der Waals surface area contributed by atoms with E-state index < -0.39 is 10.8 Å². The smallest absolute Gasteiger partial charge is 0.270 e. The summed E-state index contributed by atoms with van der Waals surface area (Å²) in [6.07, 6.45) is 3.42. The van der Waals surface area contributed by atoms with Gasteiger partial charge < -0.3 is 11.1 Å². The summed E-state index contributed by atoms with van der Waals surface area (Å²) in [7, 11) is 1.77. The van der Waals surface area contributed by atoms with Gasteiger partial charge in [-0.1, -0.05) is 0 Å². The van der Waals surface area contributed by atoms with E-state index >= 15 is 0 Å². The van der Waals surface area contributed by atoms with Gasteiger partial charge in [0, 0.05) is 36.6 Å². The molecule has 1 aromatic carbocycles. The molecule has 0 spiro atoms. The first-order valence-electron chi connectivity index (χ1n) is 6.22. The van der Waals surface area contributed by atoms with Crippen molar-refractivity contribution in [1.29, 1.82) is 0 Å². The van der Waals surface area contributed by atoms with E-state index in [2.05, 4.69) is 10.4 Å². The molecule has 0 aliphatic carbocycles. The number of amides is 1. The summed E-state index contributed by atoms with van der Waals surface area (Å²) < 4.78 is 1.62. The van der Waals surface area contributed by atoms with Gasteiger partial charge in [-0.25, -0.2) is 0 Å². The second-order valence-corrected chi connectivity index (χ2v) is 4.67. The largest absolute Gasteiger partial charge is 0.398 e. The van der Waals surface area contributed by atoms with Crippen LogP contribution in [0.2, 0.25) is 0 Å². The van der Waals surface area contributed by atoms with Crippen molar-refractivity contribution in [2.24, 2.45) is 7.05 Å². The summed E-state index contributed by atoms with van der Waals surface area (Å²) in [5.74, 6) is -0.465. The lowest BCUT2D eigenvalue weighted by molar-refractivity contribution is -0.384. The lowest BCUT2D eigenvalue weighted by atomic mass is 10.1. The number of nitro benzene ring substituents is 1. The van der Waals surface area contributed by atoms with E-state index in [0.717, 1.165) is 5.56 Å². The van der Waals surface area contributed by atoms with Gasteiger partial charge in [0.25, 0.3) is 11.6 Å². The van der Waals surface area contributed by atoms with Gasteiger partial charge in [0.2, 0.25) is 0 Å². The van der Waals surface area contributed by atoms with Gasteiger partial charge in [-0.15, -0.1) is 0 Å². The SMILES string of the molecule is C[C@H](NC(=O)c1cc([N+](=O)[O-])ccc1N)c1cnn(C)c1. The summed E-state index contributed by atoms with van der Waals surface area (Å²) in [6, 6.07) is 3.49. The topological polar surface area (TPSA) is 116 Å². The highest BCUT2D eigenvalue weighted by atomic mass is 16.6. The summed E-state index contributed by atoms with van der Waals surface area (Å²) >= 11 is 0. The number of aromatic nitrogens is 2. The van der Waals surface area contributed by atoms with Crippen molar-refractivity contribution in [3.63, 3.8) is 0 Å². The number of rotatable bonds is 4. The molecule has 1 heterocycles. The zero-order valence-electron chi connectivity index (χ0n) is 11.6. The number of hydrogen-bond acceptors (Lipinski definition) is 5. The Balaban J connectivity index is 2.20. The molecular formula is C13H15N5O3. The first-order chi connectivity index (χ1) is 9.88. The lowest BCUT2D eigenvalue weighted by Crippen LogP contribution is -2.27. The highest BCUT2D eigenvalue weighted by molar-refractivity contribution is 6.00. The number of nitrogens with one attached hydrogen (secondary N) is 1. The molecular weight excluding hydrogens is 274 g/mol. The molecule has 0 aliphatic heterocycles. The lowest BCUT2D eigenvalue weighted by Gasteiger charge is -2.13. The average Bonchev–Trinajstić information content (AvgIpc) is 2.85. The molecule has 8 nitrogen and oxygen atoms in total. The van der Waals surface area contributed by atoms with Crippen molar-refractivity contribution < 1.29 is 9.72 Å². The first kappa shape index (κ1) is 14.5. The number of benzene rings is 1. The van der Waals surface area contributed by atoms with Crippen LogP contribution in [0.25, 0.3) is 0 Å². The molecule has 0 unspecified atom stereocenters. The number of carbonyl (C=O) groups is 1. The maximum Gasteiger partial charge on any atom is 0.270 e. The Kier molecular flexibility index (Phi) is 3.88. The van der Waals surface area contributed by atoms with E-state index in [1.165, 1.54) is 18.2 Å². The third-order valence-electron chi connectivity index (χ3n) is 3.06. The zero-order chi connectivity index (χ0) is 15.6. The molecule has 110 valence electrons. The number of nitrogen functional groups attached to an aromatic ring is 1. The molecule has 0 radical (unpaired) electrons. The molecule has 1 aromatic heterocycles. The highest BCUT2D eigenvalue weighted by Gasteiger charge is 2.18. The van der Waals surface area contributed by atoms with Crippen LogP contribution in [0, 0.1) is 10.1 Å². The third kappa shape index (κ3) is 3.16. The van der Waals surface area contributed by atoms with Crippen LogP contribution in [0.1, 0.15) is 28.9 Å². The predicted octanol–water partition coefficient (Wildman–Crippen LogP) is 1.40. The first-order valence-corrected chi connectivity index (χ1v) is 6.22. The van der Waals surface area contributed by atoms with Gasteiger partial charge in [-0.3, -0.25) is 19.6 Å². The Morgan fingerprint density at radius 1 is 1.52 bits per heavy atom. The number of aryl methyl sites for hydroxylation is 1. The minimum Gasteiger partial charge on any atom is -0.398 e. The Morgan fingerprint density at radius 3 is 2.81 bits per heavy atom. The normalized spacial score (nSPS) is 11.9. The zero-order valence-corrected chi connectivity index (χ0v) is 11.6. The minimum absolute atomic E-state index is 0.0833. The monoisotopic (exact) mass is 289 g/mol. The maximum atomic E-state index is 12.2. The van der Waals surface area contributed by atoms with Gasteiger partial charge in [0.15, 0.2) is 0 Å². The molecule has 8 heteroatoms. The van der Waals surface area contributed by atoms with Gasteiger partial charge >= 0.3 is 0 Å². The third-order valence-corrected chi connectivity index (χ3v) is 3.06. The van der Waals surface area contributed by atoms with Crippen molar-refractivity contribution in [2.75, 3.05) is 5.73 Å². The molecule has 2 rings (SSSR count). The van der Waals surface area contributed by atoms with Crippen LogP contribution in [0.3, 0.4) is 0 Å². The van der Waals surface area contributed by atoms with E-state index in [1.807, 2.05) is 0 Å². The van der Waals surface area contributed by atoms with E-state index in [9.17, 15) is 14.9 Å². The van der Waals surface area contributed by atoms with Crippen molar-refractivity contribution in [2.45, 2.75) is 13.0 Å². The minimum atomic E-state index is -0.569. The van der Waals surface area contributed by atoms with Gasteiger partial charge in [0.1, 0.15) is 0 Å². The summed E-state index contributed by atoms with van der Waals surface area (Å²) in [5.41, 5.74) is 6.63. The number of hydrogen-bond donors (Lipinski definition) is 2. The second-order valence-electron chi connectivity index (χ2n) is 4.67. The number of anilines is 1. The number of nitrogens with zero attached hydrogens (tertiary/aromatic N) is 3. The summed E-state index contributed by atoms with van der Waals surface area (Å²) in [5, 5.41) is 17.5. The van der Waals surface area contributed by atoms with Crippen molar-refractivity contribution in [3.05, 3.63) is 51.8 Å². The molecule has 3 N–H and O–H groups in total. The molecule has 1 atom stereocenters. The second kappa shape index (κ2) is 5.61. The van der Waals surface area contributed by atoms with Gasteiger partial charge in [-0.2, -0.15) is 5.10 Å². The van der Waals surface area contributed by atoms with Crippen molar-refractivity contribution in [3.8, 4) is 0 Å². The Morgan fingerprint density at radius 2 is 2.24 bits per heavy atom. The molecule has 0 saturated carbocycles. The van der Waals surface area contributed by atoms with Crippen LogP contribution in [-0.2, 0) is 7.05 Å². The van der Waals surface area contributed by atoms with Crippen LogP contribution in [0.4, 0.5) is 11.4 Å². The number of non-ortho nitro benzene ring substituents is 1. The Bertz CT molecular complexity index is 695. The van der Waals surface area contributed by atoms with E-state index in [4.69, 9.17) is 5.73 Å². The van der Waals surface area contributed by atoms with Crippen LogP contribution < -0.4 is 11.1 Å². The maximum absolute atomic E-state index is 12.2. The number of nitrogens with two attached hydrogens (primary N) is 1. The standard InChI is InChI=1S/C13H15N5O3/c1-8(9-6-15-17(2)7-9)16-13(19)11-5-10(18(20)21)3-4-12(11)14/h3-8H,14H2,1-2H3,(H,16,19)/t8-/m0/s1. The van der Waals surface area contributed by atoms with E-state index in [0.29, 0.717) is 0 Å². The van der Waals surface area contributed by atoms with Crippen LogP contribution in [0.15, 0.2) is 30.6 Å². The molecule has 0 fully saturated rings. The fourth-order valence-electron chi connectivity index (χ4n) is 1.88. The Hall–Kier alpha value is -2.90. The molecule has 0 bridgehead atoms. The summed E-state index contributed by atoms with van der Waals surface area (Å²) in [4.78, 5) is 22.4. The van der Waals surface area contributed by atoms with Gasteiger partial charge in [0.05, 0.1) is 22.7 Å². The predicted molar refractivity (Wildman–Crippen MR) is 76.6 cm³/mol. The summed E-state index contributed by atoms with van der Waals surface area (Å²) in [6.45, 7) is 1.79. The molecule has 2 aromatic rings. The van der Waals surface area contributed by atoms with Crippen LogP contribution in [0.5, 0.6) is 0 Å². The van der Waals surface area contributed by atoms with E-state index in [1.54, 1.807) is 31.0 Å². The Labute approximate surface area is 120 Å². The average molecular weight is 289 g/mol. The molecule has 1 amide bonds. The van der Waals surface area contributed by atoms with Gasteiger partial charge in [-0.05, 0) is 13.0 Å². The molecule has 0 aliphatic rings. The highest BCUT2D eigenvalue weighted by Crippen LogP contribution is 2.20. The van der Waals surface area contributed by atoms with Crippen LogP contribution >= 0.6 is 0 Å². The number of nitro groups is 1. The quantitative estimate of drug-likeness (QED) is 0.501. The van der Waals surface area contributed by atoms with Crippen molar-refractivity contribution >= 4 is 17.3 Å². The molecule has 21 heavy (non-hydrogen) atoms. The number of carbonyl (C=O) groups excluding carboxylic acids is 1.